The van der Waals surface area contributed by atoms with Crippen molar-refractivity contribution in [1.82, 2.24) is 0 Å². The van der Waals surface area contributed by atoms with Gasteiger partial charge in [0.05, 0.1) is 0 Å². The standard InChI is InChI=1S/C13H10F3N/c1-7-5-9(11(15)6-12(7)17)8-3-2-4-10(14)13(8)16/h2-6H,17H2,1H3. The first-order valence-electron chi connectivity index (χ1n) is 5.00. The number of nitrogen functional groups attached to an aromatic ring is 1. The van der Waals surface area contributed by atoms with E-state index in [2.05, 4.69) is 0 Å². The van der Waals surface area contributed by atoms with Gasteiger partial charge in [-0.3, -0.25) is 0 Å². The van der Waals surface area contributed by atoms with Crippen molar-refractivity contribution in [2.45, 2.75) is 6.92 Å². The zero-order valence-electron chi connectivity index (χ0n) is 9.10. The molecule has 0 amide bonds. The second-order valence-corrected chi connectivity index (χ2v) is 3.79. The molecule has 0 saturated carbocycles. The molecule has 0 unspecified atom stereocenters. The molecule has 0 bridgehead atoms. The number of aryl methyl sites for hydroxylation is 1. The normalized spacial score (nSPS) is 10.6. The van der Waals surface area contributed by atoms with Gasteiger partial charge in [-0.05, 0) is 30.7 Å². The fourth-order valence-corrected chi connectivity index (χ4v) is 1.62. The zero-order chi connectivity index (χ0) is 12.6. The maximum absolute atomic E-state index is 13.7. The number of rotatable bonds is 1. The maximum atomic E-state index is 13.7. The molecule has 0 aliphatic carbocycles. The SMILES string of the molecule is Cc1cc(-c2cccc(F)c2F)c(F)cc1N. The first kappa shape index (κ1) is 11.5. The van der Waals surface area contributed by atoms with E-state index in [1.54, 1.807) is 6.92 Å². The Balaban J connectivity index is 2.69. The molecule has 0 fully saturated rings. The molecule has 2 rings (SSSR count). The summed E-state index contributed by atoms with van der Waals surface area (Å²) in [7, 11) is 0. The molecule has 2 aromatic rings. The second-order valence-electron chi connectivity index (χ2n) is 3.79. The van der Waals surface area contributed by atoms with E-state index in [-0.39, 0.29) is 16.8 Å². The molecule has 0 atom stereocenters. The highest BCUT2D eigenvalue weighted by atomic mass is 19.2. The summed E-state index contributed by atoms with van der Waals surface area (Å²) >= 11 is 0. The van der Waals surface area contributed by atoms with E-state index in [1.807, 2.05) is 0 Å². The van der Waals surface area contributed by atoms with Gasteiger partial charge in [0, 0.05) is 16.8 Å². The summed E-state index contributed by atoms with van der Waals surface area (Å²) in [4.78, 5) is 0. The molecule has 0 aliphatic heterocycles. The summed E-state index contributed by atoms with van der Waals surface area (Å²) in [6.07, 6.45) is 0. The smallest absolute Gasteiger partial charge is 0.166 e. The Kier molecular flexibility index (Phi) is 2.79. The lowest BCUT2D eigenvalue weighted by Crippen LogP contribution is -1.96. The summed E-state index contributed by atoms with van der Waals surface area (Å²) in [6, 6.07) is 6.16. The zero-order valence-corrected chi connectivity index (χ0v) is 9.10. The lowest BCUT2D eigenvalue weighted by Gasteiger charge is -2.08. The molecular weight excluding hydrogens is 227 g/mol. The summed E-state index contributed by atoms with van der Waals surface area (Å²) in [5, 5.41) is 0. The van der Waals surface area contributed by atoms with Crippen molar-refractivity contribution in [3.8, 4) is 11.1 Å². The molecule has 0 saturated heterocycles. The molecule has 88 valence electrons. The van der Waals surface area contributed by atoms with E-state index in [9.17, 15) is 13.2 Å². The topological polar surface area (TPSA) is 26.0 Å². The number of halogens is 3. The van der Waals surface area contributed by atoms with Crippen molar-refractivity contribution in [3.05, 3.63) is 53.3 Å². The van der Waals surface area contributed by atoms with Crippen LogP contribution in [-0.2, 0) is 0 Å². The Bertz CT molecular complexity index is 579. The Morgan fingerprint density at radius 3 is 2.35 bits per heavy atom. The molecule has 1 nitrogen and oxygen atoms in total. The van der Waals surface area contributed by atoms with Crippen LogP contribution in [0, 0.1) is 24.4 Å². The van der Waals surface area contributed by atoms with Crippen LogP contribution in [0.3, 0.4) is 0 Å². The third-order valence-corrected chi connectivity index (χ3v) is 2.60. The van der Waals surface area contributed by atoms with Gasteiger partial charge in [0.1, 0.15) is 5.82 Å². The highest BCUT2D eigenvalue weighted by Crippen LogP contribution is 2.29. The van der Waals surface area contributed by atoms with Crippen LogP contribution >= 0.6 is 0 Å². The fraction of sp³-hybridized carbons (Fsp3) is 0.0769. The van der Waals surface area contributed by atoms with Gasteiger partial charge in [-0.25, -0.2) is 13.2 Å². The number of hydrogen-bond donors (Lipinski definition) is 1. The minimum Gasteiger partial charge on any atom is -0.398 e. The van der Waals surface area contributed by atoms with Crippen molar-refractivity contribution in [2.24, 2.45) is 0 Å². The van der Waals surface area contributed by atoms with Crippen LogP contribution in [0.4, 0.5) is 18.9 Å². The van der Waals surface area contributed by atoms with Crippen molar-refractivity contribution in [3.63, 3.8) is 0 Å². The van der Waals surface area contributed by atoms with Gasteiger partial charge in [-0.15, -0.1) is 0 Å². The lowest BCUT2D eigenvalue weighted by molar-refractivity contribution is 0.510. The predicted molar refractivity (Wildman–Crippen MR) is 60.9 cm³/mol. The van der Waals surface area contributed by atoms with E-state index in [1.165, 1.54) is 18.2 Å². The van der Waals surface area contributed by atoms with Crippen LogP contribution in [0.15, 0.2) is 30.3 Å². The van der Waals surface area contributed by atoms with E-state index in [4.69, 9.17) is 5.73 Å². The average Bonchev–Trinajstić information content (AvgIpc) is 2.28. The van der Waals surface area contributed by atoms with Crippen molar-refractivity contribution >= 4 is 5.69 Å². The molecule has 2 aromatic carbocycles. The van der Waals surface area contributed by atoms with Gasteiger partial charge in [-0.2, -0.15) is 0 Å². The quantitative estimate of drug-likeness (QED) is 0.752. The minimum atomic E-state index is -1.06. The van der Waals surface area contributed by atoms with Crippen LogP contribution in [0.5, 0.6) is 0 Å². The van der Waals surface area contributed by atoms with Gasteiger partial charge < -0.3 is 5.73 Å². The van der Waals surface area contributed by atoms with Crippen molar-refractivity contribution in [1.29, 1.82) is 0 Å². The van der Waals surface area contributed by atoms with Gasteiger partial charge in [0.2, 0.25) is 0 Å². The highest BCUT2D eigenvalue weighted by molar-refractivity contribution is 5.69. The fourth-order valence-electron chi connectivity index (χ4n) is 1.62. The first-order valence-corrected chi connectivity index (χ1v) is 5.00. The van der Waals surface area contributed by atoms with E-state index >= 15 is 0 Å². The van der Waals surface area contributed by atoms with Crippen LogP contribution in [0.2, 0.25) is 0 Å². The molecular formula is C13H10F3N. The van der Waals surface area contributed by atoms with Crippen molar-refractivity contribution in [2.75, 3.05) is 5.73 Å². The summed E-state index contributed by atoms with van der Waals surface area (Å²) < 4.78 is 40.2. The Morgan fingerprint density at radius 2 is 1.65 bits per heavy atom. The van der Waals surface area contributed by atoms with Crippen molar-refractivity contribution < 1.29 is 13.2 Å². The molecule has 0 heterocycles. The minimum absolute atomic E-state index is 0.00806. The van der Waals surface area contributed by atoms with Crippen LogP contribution < -0.4 is 5.73 Å². The highest BCUT2D eigenvalue weighted by Gasteiger charge is 2.14. The number of hydrogen-bond acceptors (Lipinski definition) is 1. The van der Waals surface area contributed by atoms with Gasteiger partial charge >= 0.3 is 0 Å². The lowest BCUT2D eigenvalue weighted by atomic mass is 10.0. The largest absolute Gasteiger partial charge is 0.398 e. The van der Waals surface area contributed by atoms with Gasteiger partial charge in [0.25, 0.3) is 0 Å². The van der Waals surface area contributed by atoms with E-state index in [0.29, 0.717) is 5.56 Å². The predicted octanol–water partition coefficient (Wildman–Crippen LogP) is 3.66. The molecule has 0 aliphatic rings. The van der Waals surface area contributed by atoms with Gasteiger partial charge in [-0.1, -0.05) is 12.1 Å². The van der Waals surface area contributed by atoms with Crippen LogP contribution in [-0.4, -0.2) is 0 Å². The van der Waals surface area contributed by atoms with E-state index < -0.39 is 17.5 Å². The van der Waals surface area contributed by atoms with Crippen LogP contribution in [0.25, 0.3) is 11.1 Å². The third kappa shape index (κ3) is 1.98. The summed E-state index contributed by atoms with van der Waals surface area (Å²) in [5.74, 6) is -2.73. The Labute approximate surface area is 96.7 Å². The Hall–Kier alpha value is -1.97. The van der Waals surface area contributed by atoms with E-state index in [0.717, 1.165) is 12.1 Å². The first-order chi connectivity index (χ1) is 8.00. The summed E-state index contributed by atoms with van der Waals surface area (Å²) in [5.41, 5.74) is 6.33. The summed E-state index contributed by atoms with van der Waals surface area (Å²) in [6.45, 7) is 1.68. The molecule has 0 spiro atoms. The third-order valence-electron chi connectivity index (χ3n) is 2.60. The maximum Gasteiger partial charge on any atom is 0.166 e. The van der Waals surface area contributed by atoms with Crippen LogP contribution in [0.1, 0.15) is 5.56 Å². The monoisotopic (exact) mass is 237 g/mol. The molecule has 2 N–H and O–H groups in total. The Morgan fingerprint density at radius 1 is 0.941 bits per heavy atom. The average molecular weight is 237 g/mol. The molecule has 17 heavy (non-hydrogen) atoms. The number of benzene rings is 2. The molecule has 0 aromatic heterocycles. The number of anilines is 1. The molecule has 0 radical (unpaired) electrons. The second kappa shape index (κ2) is 4.13. The molecule has 4 heteroatoms. The van der Waals surface area contributed by atoms with Gasteiger partial charge in [0.15, 0.2) is 11.6 Å². The number of nitrogens with two attached hydrogens (primary N) is 1.